The summed E-state index contributed by atoms with van der Waals surface area (Å²) >= 11 is 3.29. The van der Waals surface area contributed by atoms with Crippen LogP contribution in [0.5, 0.6) is 5.75 Å². The van der Waals surface area contributed by atoms with E-state index in [-0.39, 0.29) is 30.6 Å². The summed E-state index contributed by atoms with van der Waals surface area (Å²) < 4.78 is 0.816. The molecule has 0 heterocycles. The van der Waals surface area contributed by atoms with Crippen molar-refractivity contribution in [3.05, 3.63) is 22.7 Å². The lowest BCUT2D eigenvalue weighted by atomic mass is 10.3. The molecule has 0 bridgehead atoms. The molecule has 4 nitrogen and oxygen atoms in total. The van der Waals surface area contributed by atoms with Crippen molar-refractivity contribution in [1.29, 1.82) is 0 Å². The summed E-state index contributed by atoms with van der Waals surface area (Å²) in [5, 5.41) is 15.3. The fourth-order valence-corrected chi connectivity index (χ4v) is 1.88. The number of halogens is 2. The van der Waals surface area contributed by atoms with Crippen LogP contribution in [0.4, 0.5) is 5.69 Å². The molecule has 1 saturated carbocycles. The molecule has 1 aromatic carbocycles. The predicted molar refractivity (Wildman–Crippen MR) is 77.3 cm³/mol. The third-order valence-electron chi connectivity index (χ3n) is 2.65. The largest absolute Gasteiger partial charge is 0.506 e. The van der Waals surface area contributed by atoms with Gasteiger partial charge in [0, 0.05) is 4.47 Å². The predicted octanol–water partition coefficient (Wildman–Crippen LogP) is 2.51. The van der Waals surface area contributed by atoms with E-state index in [4.69, 9.17) is 0 Å². The molecule has 1 fully saturated rings. The fraction of sp³-hybridized carbons (Fsp3) is 0.417. The number of nitrogens with one attached hydrogen (secondary N) is 2. The number of amides is 1. The summed E-state index contributed by atoms with van der Waals surface area (Å²) in [7, 11) is 0. The van der Waals surface area contributed by atoms with Crippen LogP contribution in [0.1, 0.15) is 12.8 Å². The summed E-state index contributed by atoms with van der Waals surface area (Å²) in [6, 6.07) is 4.93. The lowest BCUT2D eigenvalue weighted by molar-refractivity contribution is -0.115. The molecule has 100 valence electrons. The van der Waals surface area contributed by atoms with E-state index in [1.54, 1.807) is 12.1 Å². The number of carbonyl (C=O) groups excluding carboxylic acids is 1. The SMILES string of the molecule is Cl.O=C(CNCC1CC1)Nc1cc(Br)ccc1O. The van der Waals surface area contributed by atoms with Gasteiger partial charge in [0.25, 0.3) is 0 Å². The first kappa shape index (κ1) is 15.3. The lowest BCUT2D eigenvalue weighted by Crippen LogP contribution is -2.29. The summed E-state index contributed by atoms with van der Waals surface area (Å²) in [5.74, 6) is 0.685. The molecule has 1 amide bonds. The molecule has 1 aromatic rings. The van der Waals surface area contributed by atoms with E-state index in [0.717, 1.165) is 16.9 Å². The lowest BCUT2D eigenvalue weighted by Gasteiger charge is -2.08. The van der Waals surface area contributed by atoms with Crippen molar-refractivity contribution in [2.75, 3.05) is 18.4 Å². The molecule has 3 N–H and O–H groups in total. The van der Waals surface area contributed by atoms with Gasteiger partial charge in [-0.05, 0) is 43.5 Å². The van der Waals surface area contributed by atoms with E-state index in [2.05, 4.69) is 26.6 Å². The van der Waals surface area contributed by atoms with Crippen LogP contribution >= 0.6 is 28.3 Å². The zero-order valence-corrected chi connectivity index (χ0v) is 12.2. The minimum atomic E-state index is -0.140. The zero-order valence-electron chi connectivity index (χ0n) is 9.78. The van der Waals surface area contributed by atoms with Crippen molar-refractivity contribution >= 4 is 39.9 Å². The highest BCUT2D eigenvalue weighted by molar-refractivity contribution is 9.10. The summed E-state index contributed by atoms with van der Waals surface area (Å²) in [6.45, 7) is 1.18. The average Bonchev–Trinajstić information content (AvgIpc) is 3.07. The third-order valence-corrected chi connectivity index (χ3v) is 3.14. The van der Waals surface area contributed by atoms with Crippen LogP contribution in [0.15, 0.2) is 22.7 Å². The molecule has 0 radical (unpaired) electrons. The van der Waals surface area contributed by atoms with Crippen LogP contribution in [0.2, 0.25) is 0 Å². The van der Waals surface area contributed by atoms with Gasteiger partial charge in [-0.2, -0.15) is 0 Å². The number of hydrogen-bond donors (Lipinski definition) is 3. The van der Waals surface area contributed by atoms with E-state index >= 15 is 0 Å². The first-order valence-corrected chi connectivity index (χ1v) is 6.43. The number of anilines is 1. The maximum Gasteiger partial charge on any atom is 0.238 e. The van der Waals surface area contributed by atoms with E-state index in [1.165, 1.54) is 18.9 Å². The first-order valence-electron chi connectivity index (χ1n) is 5.64. The highest BCUT2D eigenvalue weighted by atomic mass is 79.9. The summed E-state index contributed by atoms with van der Waals surface area (Å²) in [6.07, 6.45) is 2.53. The van der Waals surface area contributed by atoms with Crippen molar-refractivity contribution < 1.29 is 9.90 Å². The van der Waals surface area contributed by atoms with Gasteiger partial charge in [-0.25, -0.2) is 0 Å². The van der Waals surface area contributed by atoms with E-state index in [0.29, 0.717) is 5.69 Å². The normalized spacial score (nSPS) is 13.8. The number of phenols is 1. The van der Waals surface area contributed by atoms with Gasteiger partial charge in [0.05, 0.1) is 12.2 Å². The standard InChI is InChI=1S/C12H15BrN2O2.ClH/c13-9-3-4-11(16)10(5-9)15-12(17)7-14-6-8-1-2-8;/h3-5,8,14,16H,1-2,6-7H2,(H,15,17);1H. The van der Waals surface area contributed by atoms with Crippen LogP contribution in [-0.4, -0.2) is 24.1 Å². The molecule has 1 aliphatic rings. The second-order valence-corrected chi connectivity index (χ2v) is 5.20. The molecule has 0 atom stereocenters. The highest BCUT2D eigenvalue weighted by Gasteiger charge is 2.20. The second-order valence-electron chi connectivity index (χ2n) is 4.28. The van der Waals surface area contributed by atoms with Crippen LogP contribution in [0, 0.1) is 5.92 Å². The van der Waals surface area contributed by atoms with Crippen LogP contribution in [0.3, 0.4) is 0 Å². The van der Waals surface area contributed by atoms with Crippen LogP contribution in [0.25, 0.3) is 0 Å². The number of benzene rings is 1. The van der Waals surface area contributed by atoms with Gasteiger partial charge >= 0.3 is 0 Å². The Balaban J connectivity index is 0.00000162. The maximum atomic E-state index is 11.6. The van der Waals surface area contributed by atoms with Crippen LogP contribution in [-0.2, 0) is 4.79 Å². The van der Waals surface area contributed by atoms with Gasteiger partial charge < -0.3 is 15.7 Å². The minimum absolute atomic E-state index is 0. The molecule has 0 spiro atoms. The molecule has 18 heavy (non-hydrogen) atoms. The molecule has 0 unspecified atom stereocenters. The number of phenolic OH excluding ortho intramolecular Hbond substituents is 1. The third kappa shape index (κ3) is 4.84. The Hall–Kier alpha value is -0.780. The van der Waals surface area contributed by atoms with Gasteiger partial charge in [-0.15, -0.1) is 12.4 Å². The summed E-state index contributed by atoms with van der Waals surface area (Å²) in [5.41, 5.74) is 0.428. The average molecular weight is 336 g/mol. The van der Waals surface area contributed by atoms with Gasteiger partial charge in [-0.1, -0.05) is 15.9 Å². The van der Waals surface area contributed by atoms with E-state index in [9.17, 15) is 9.90 Å². The molecular weight excluding hydrogens is 320 g/mol. The quantitative estimate of drug-likeness (QED) is 0.725. The Morgan fingerprint density at radius 1 is 1.44 bits per heavy atom. The molecule has 0 aliphatic heterocycles. The van der Waals surface area contributed by atoms with Crippen LogP contribution < -0.4 is 10.6 Å². The van der Waals surface area contributed by atoms with E-state index in [1.807, 2.05) is 0 Å². The number of rotatable bonds is 5. The maximum absolute atomic E-state index is 11.6. The minimum Gasteiger partial charge on any atom is -0.506 e. The molecule has 2 rings (SSSR count). The Labute approximate surface area is 121 Å². The molecule has 0 aromatic heterocycles. The molecular formula is C12H16BrClN2O2. The smallest absolute Gasteiger partial charge is 0.238 e. The molecule has 0 saturated heterocycles. The second kappa shape index (κ2) is 6.97. The topological polar surface area (TPSA) is 61.4 Å². The fourth-order valence-electron chi connectivity index (χ4n) is 1.51. The van der Waals surface area contributed by atoms with Gasteiger partial charge in [0.2, 0.25) is 5.91 Å². The monoisotopic (exact) mass is 334 g/mol. The number of hydrogen-bond acceptors (Lipinski definition) is 3. The molecule has 1 aliphatic carbocycles. The van der Waals surface area contributed by atoms with Crippen molar-refractivity contribution in [3.63, 3.8) is 0 Å². The Kier molecular flexibility index (Phi) is 5.91. The number of carbonyl (C=O) groups is 1. The highest BCUT2D eigenvalue weighted by Crippen LogP contribution is 2.28. The summed E-state index contributed by atoms with van der Waals surface area (Å²) in [4.78, 5) is 11.6. The van der Waals surface area contributed by atoms with Gasteiger partial charge in [0.1, 0.15) is 5.75 Å². The number of aromatic hydroxyl groups is 1. The Morgan fingerprint density at radius 2 is 2.17 bits per heavy atom. The van der Waals surface area contributed by atoms with Gasteiger partial charge in [-0.3, -0.25) is 4.79 Å². The Bertz CT molecular complexity index is 425. The first-order chi connectivity index (χ1) is 8.15. The van der Waals surface area contributed by atoms with Crippen molar-refractivity contribution in [2.24, 2.45) is 5.92 Å². The molecule has 6 heteroatoms. The van der Waals surface area contributed by atoms with Gasteiger partial charge in [0.15, 0.2) is 0 Å². The zero-order chi connectivity index (χ0) is 12.3. The van der Waals surface area contributed by atoms with Crippen molar-refractivity contribution in [2.45, 2.75) is 12.8 Å². The van der Waals surface area contributed by atoms with E-state index < -0.39 is 0 Å². The van der Waals surface area contributed by atoms with Crippen molar-refractivity contribution in [1.82, 2.24) is 5.32 Å². The van der Waals surface area contributed by atoms with Crippen molar-refractivity contribution in [3.8, 4) is 5.75 Å². The Morgan fingerprint density at radius 3 is 2.83 bits per heavy atom.